The summed E-state index contributed by atoms with van der Waals surface area (Å²) in [5, 5.41) is 0. The number of aliphatic imine (C=N–C) groups is 1. The van der Waals surface area contributed by atoms with Crippen molar-refractivity contribution in [2.75, 3.05) is 4.31 Å². The van der Waals surface area contributed by atoms with Crippen LogP contribution in [0, 0.1) is 5.82 Å². The van der Waals surface area contributed by atoms with Gasteiger partial charge in [-0.25, -0.2) is 22.1 Å². The number of hydrogen-bond donors (Lipinski definition) is 0. The molecule has 4 rings (SSSR count). The predicted octanol–water partition coefficient (Wildman–Crippen LogP) is 4.11. The van der Waals surface area contributed by atoms with Gasteiger partial charge in [0.2, 0.25) is 0 Å². The van der Waals surface area contributed by atoms with Crippen LogP contribution in [0.3, 0.4) is 0 Å². The quantitative estimate of drug-likeness (QED) is 0.697. The average Bonchev–Trinajstić information content (AvgIpc) is 2.85. The molecule has 0 N–H and O–H groups in total. The second-order valence-corrected chi connectivity index (χ2v) is 7.27. The molecular formula is C19H13FN2O2S. The van der Waals surface area contributed by atoms with Gasteiger partial charge in [-0.3, -0.25) is 0 Å². The first-order valence-electron chi connectivity index (χ1n) is 7.61. The van der Waals surface area contributed by atoms with Crippen molar-refractivity contribution in [1.82, 2.24) is 0 Å². The summed E-state index contributed by atoms with van der Waals surface area (Å²) in [4.78, 5) is 4.73. The number of anilines is 1. The van der Waals surface area contributed by atoms with Crippen molar-refractivity contribution in [3.8, 4) is 0 Å². The number of halogens is 1. The number of amidine groups is 1. The van der Waals surface area contributed by atoms with Crippen LogP contribution in [0.4, 0.5) is 15.8 Å². The van der Waals surface area contributed by atoms with Crippen molar-refractivity contribution in [3.05, 3.63) is 90.2 Å². The first-order valence-corrected chi connectivity index (χ1v) is 9.05. The molecule has 4 nitrogen and oxygen atoms in total. The fourth-order valence-electron chi connectivity index (χ4n) is 2.77. The van der Waals surface area contributed by atoms with Gasteiger partial charge in [-0.05, 0) is 48.5 Å². The molecule has 0 spiro atoms. The maximum atomic E-state index is 13.3. The smallest absolute Gasteiger partial charge is 0.229 e. The van der Waals surface area contributed by atoms with E-state index >= 15 is 0 Å². The highest BCUT2D eigenvalue weighted by Gasteiger charge is 2.40. The topological polar surface area (TPSA) is 49.7 Å². The number of hydrogen-bond acceptors (Lipinski definition) is 3. The molecule has 0 unspecified atom stereocenters. The van der Waals surface area contributed by atoms with E-state index in [2.05, 4.69) is 4.99 Å². The minimum atomic E-state index is -3.80. The van der Waals surface area contributed by atoms with Crippen molar-refractivity contribution in [2.45, 2.75) is 4.90 Å². The molecule has 124 valence electrons. The molecule has 0 aromatic heterocycles. The SMILES string of the molecule is O=S1(=O)c2ccccc2C(=Nc2ccccc2)N1c1ccc(F)cc1. The molecule has 0 bridgehead atoms. The van der Waals surface area contributed by atoms with Crippen molar-refractivity contribution >= 4 is 27.2 Å². The number of fused-ring (bicyclic) bond motifs is 1. The highest BCUT2D eigenvalue weighted by Crippen LogP contribution is 2.36. The summed E-state index contributed by atoms with van der Waals surface area (Å²) in [7, 11) is -3.80. The Morgan fingerprint density at radius 2 is 1.44 bits per heavy atom. The van der Waals surface area contributed by atoms with Crippen molar-refractivity contribution in [1.29, 1.82) is 0 Å². The highest BCUT2D eigenvalue weighted by atomic mass is 32.2. The molecule has 3 aromatic rings. The Hall–Kier alpha value is -2.99. The zero-order valence-corrected chi connectivity index (χ0v) is 13.8. The van der Waals surface area contributed by atoms with E-state index in [1.54, 1.807) is 36.4 Å². The second kappa shape index (κ2) is 5.82. The summed E-state index contributed by atoms with van der Waals surface area (Å²) in [6.07, 6.45) is 0. The minimum Gasteiger partial charge on any atom is -0.229 e. The minimum absolute atomic E-state index is 0.189. The summed E-state index contributed by atoms with van der Waals surface area (Å²) in [5.74, 6) is -0.132. The molecule has 0 atom stereocenters. The van der Waals surface area contributed by atoms with E-state index in [-0.39, 0.29) is 4.90 Å². The molecule has 1 aliphatic rings. The number of nitrogens with zero attached hydrogens (tertiary/aromatic N) is 2. The lowest BCUT2D eigenvalue weighted by molar-refractivity contribution is 0.598. The molecule has 0 saturated carbocycles. The van der Waals surface area contributed by atoms with Crippen LogP contribution < -0.4 is 4.31 Å². The number of rotatable bonds is 2. The van der Waals surface area contributed by atoms with Gasteiger partial charge < -0.3 is 0 Å². The third-order valence-electron chi connectivity index (χ3n) is 3.89. The van der Waals surface area contributed by atoms with Crippen molar-refractivity contribution < 1.29 is 12.8 Å². The van der Waals surface area contributed by atoms with E-state index < -0.39 is 15.8 Å². The lowest BCUT2D eigenvalue weighted by Gasteiger charge is -2.18. The Labute approximate surface area is 144 Å². The van der Waals surface area contributed by atoms with Gasteiger partial charge >= 0.3 is 0 Å². The lowest BCUT2D eigenvalue weighted by atomic mass is 10.2. The first kappa shape index (κ1) is 15.5. The average molecular weight is 352 g/mol. The van der Waals surface area contributed by atoms with Gasteiger partial charge in [-0.15, -0.1) is 0 Å². The maximum absolute atomic E-state index is 13.3. The Bertz CT molecular complexity index is 1060. The van der Waals surface area contributed by atoms with Gasteiger partial charge in [0, 0.05) is 5.56 Å². The number of sulfonamides is 1. The monoisotopic (exact) mass is 352 g/mol. The molecule has 6 heteroatoms. The normalized spacial score (nSPS) is 16.8. The summed E-state index contributed by atoms with van der Waals surface area (Å²) in [6, 6.07) is 21.1. The predicted molar refractivity (Wildman–Crippen MR) is 95.1 cm³/mol. The molecule has 1 heterocycles. The van der Waals surface area contributed by atoms with Gasteiger partial charge in [0.05, 0.1) is 16.3 Å². The zero-order chi connectivity index (χ0) is 17.4. The molecule has 0 amide bonds. The van der Waals surface area contributed by atoms with Gasteiger partial charge in [-0.1, -0.05) is 30.3 Å². The van der Waals surface area contributed by atoms with E-state index in [1.165, 1.54) is 24.3 Å². The Morgan fingerprint density at radius 1 is 0.800 bits per heavy atom. The molecule has 0 fully saturated rings. The van der Waals surface area contributed by atoms with Crippen LogP contribution in [0.15, 0.2) is 88.8 Å². The number of benzene rings is 3. The fourth-order valence-corrected chi connectivity index (χ4v) is 4.42. The second-order valence-electron chi connectivity index (χ2n) is 5.51. The zero-order valence-electron chi connectivity index (χ0n) is 13.0. The van der Waals surface area contributed by atoms with E-state index in [9.17, 15) is 12.8 Å². The maximum Gasteiger partial charge on any atom is 0.270 e. The Morgan fingerprint density at radius 3 is 2.16 bits per heavy atom. The Balaban J connectivity index is 1.97. The van der Waals surface area contributed by atoms with Crippen LogP contribution in [-0.2, 0) is 10.0 Å². The molecule has 3 aromatic carbocycles. The molecule has 0 saturated heterocycles. The lowest BCUT2D eigenvalue weighted by Crippen LogP contribution is -2.30. The van der Waals surface area contributed by atoms with Crippen LogP contribution >= 0.6 is 0 Å². The van der Waals surface area contributed by atoms with Crippen LogP contribution in [0.1, 0.15) is 5.56 Å². The van der Waals surface area contributed by atoms with E-state index in [0.717, 1.165) is 4.31 Å². The van der Waals surface area contributed by atoms with Crippen molar-refractivity contribution in [3.63, 3.8) is 0 Å². The summed E-state index contributed by atoms with van der Waals surface area (Å²) >= 11 is 0. The van der Waals surface area contributed by atoms with Gasteiger partial charge in [0.1, 0.15) is 5.82 Å². The highest BCUT2D eigenvalue weighted by molar-refractivity contribution is 7.94. The van der Waals surface area contributed by atoms with E-state index in [1.807, 2.05) is 18.2 Å². The van der Waals surface area contributed by atoms with E-state index in [4.69, 9.17) is 0 Å². The van der Waals surface area contributed by atoms with Crippen LogP contribution in [0.5, 0.6) is 0 Å². The third-order valence-corrected chi connectivity index (χ3v) is 5.67. The molecular weight excluding hydrogens is 339 g/mol. The van der Waals surface area contributed by atoms with E-state index in [0.29, 0.717) is 22.8 Å². The molecule has 1 aliphatic heterocycles. The molecule has 25 heavy (non-hydrogen) atoms. The van der Waals surface area contributed by atoms with Gasteiger partial charge in [-0.2, -0.15) is 0 Å². The summed E-state index contributed by atoms with van der Waals surface area (Å²) < 4.78 is 40.5. The summed E-state index contributed by atoms with van der Waals surface area (Å²) in [6.45, 7) is 0. The first-order chi connectivity index (χ1) is 12.1. The number of para-hydroxylation sites is 1. The molecule has 0 radical (unpaired) electrons. The van der Waals surface area contributed by atoms with Crippen LogP contribution in [0.25, 0.3) is 0 Å². The standard InChI is InChI=1S/C19H13FN2O2S/c20-14-10-12-16(13-11-14)22-19(21-15-6-2-1-3-7-15)17-8-4-5-9-18(17)25(22,23)24/h1-13H. The fraction of sp³-hybridized carbons (Fsp3) is 0. The summed E-state index contributed by atoms with van der Waals surface area (Å²) in [5.41, 5.74) is 1.50. The molecule has 0 aliphatic carbocycles. The van der Waals surface area contributed by atoms with Gasteiger partial charge in [0.25, 0.3) is 10.0 Å². The largest absolute Gasteiger partial charge is 0.270 e. The van der Waals surface area contributed by atoms with Crippen LogP contribution in [-0.4, -0.2) is 14.3 Å². The van der Waals surface area contributed by atoms with Crippen LogP contribution in [0.2, 0.25) is 0 Å². The van der Waals surface area contributed by atoms with Crippen molar-refractivity contribution in [2.24, 2.45) is 4.99 Å². The third kappa shape index (κ3) is 2.60. The Kier molecular flexibility index (Phi) is 3.62. The van der Waals surface area contributed by atoms with Gasteiger partial charge in [0.15, 0.2) is 5.84 Å².